The summed E-state index contributed by atoms with van der Waals surface area (Å²) in [6.45, 7) is 0. The van der Waals surface area contributed by atoms with Crippen molar-refractivity contribution in [2.45, 2.75) is 12.5 Å². The van der Waals surface area contributed by atoms with Crippen molar-refractivity contribution in [1.82, 2.24) is 0 Å². The molecule has 3 unspecified atom stereocenters. The topological polar surface area (TPSA) is 67.2 Å². The SMILES string of the molecule is N#CC1C(=O)OC(c2ccccc2)C1CC(=O)c1ccccc1. The maximum Gasteiger partial charge on any atom is 0.324 e. The van der Waals surface area contributed by atoms with Gasteiger partial charge in [-0.05, 0) is 5.56 Å². The van der Waals surface area contributed by atoms with Crippen LogP contribution in [0, 0.1) is 23.2 Å². The van der Waals surface area contributed by atoms with Gasteiger partial charge in [-0.1, -0.05) is 60.7 Å². The third-order valence-corrected chi connectivity index (χ3v) is 4.10. The van der Waals surface area contributed by atoms with Crippen molar-refractivity contribution in [3.8, 4) is 6.07 Å². The molecule has 0 aliphatic carbocycles. The van der Waals surface area contributed by atoms with Crippen LogP contribution in [0.3, 0.4) is 0 Å². The number of ketones is 1. The molecule has 1 saturated heterocycles. The third kappa shape index (κ3) is 3.00. The van der Waals surface area contributed by atoms with Crippen molar-refractivity contribution in [2.75, 3.05) is 0 Å². The van der Waals surface area contributed by atoms with Crippen LogP contribution in [0.15, 0.2) is 60.7 Å². The molecule has 4 nitrogen and oxygen atoms in total. The Labute approximate surface area is 134 Å². The van der Waals surface area contributed by atoms with Crippen LogP contribution in [0.2, 0.25) is 0 Å². The monoisotopic (exact) mass is 305 g/mol. The van der Waals surface area contributed by atoms with Crippen molar-refractivity contribution in [2.24, 2.45) is 11.8 Å². The van der Waals surface area contributed by atoms with E-state index >= 15 is 0 Å². The normalized spacial score (nSPS) is 23.1. The number of cyclic esters (lactones) is 1. The van der Waals surface area contributed by atoms with Crippen molar-refractivity contribution in [3.63, 3.8) is 0 Å². The van der Waals surface area contributed by atoms with E-state index in [-0.39, 0.29) is 12.2 Å². The van der Waals surface area contributed by atoms with E-state index in [0.717, 1.165) is 5.56 Å². The summed E-state index contributed by atoms with van der Waals surface area (Å²) in [5, 5.41) is 9.29. The molecule has 114 valence electrons. The van der Waals surface area contributed by atoms with Gasteiger partial charge in [-0.25, -0.2) is 0 Å². The lowest BCUT2D eigenvalue weighted by atomic mass is 9.83. The third-order valence-electron chi connectivity index (χ3n) is 4.10. The smallest absolute Gasteiger partial charge is 0.324 e. The summed E-state index contributed by atoms with van der Waals surface area (Å²) in [6, 6.07) is 20.1. The second-order valence-electron chi connectivity index (χ2n) is 5.53. The van der Waals surface area contributed by atoms with Crippen LogP contribution in [-0.2, 0) is 9.53 Å². The van der Waals surface area contributed by atoms with Gasteiger partial charge in [0.2, 0.25) is 0 Å². The van der Waals surface area contributed by atoms with Gasteiger partial charge in [0.15, 0.2) is 11.7 Å². The fraction of sp³-hybridized carbons (Fsp3) is 0.211. The molecule has 4 heteroatoms. The molecule has 0 amide bonds. The Morgan fingerprint density at radius 2 is 1.65 bits per heavy atom. The van der Waals surface area contributed by atoms with Crippen LogP contribution in [0.1, 0.15) is 28.4 Å². The van der Waals surface area contributed by atoms with Crippen LogP contribution in [-0.4, -0.2) is 11.8 Å². The molecule has 1 heterocycles. The van der Waals surface area contributed by atoms with E-state index in [2.05, 4.69) is 0 Å². The molecular weight excluding hydrogens is 290 g/mol. The Hall–Kier alpha value is -2.93. The van der Waals surface area contributed by atoms with E-state index in [0.29, 0.717) is 5.56 Å². The second-order valence-corrected chi connectivity index (χ2v) is 5.53. The molecule has 23 heavy (non-hydrogen) atoms. The standard InChI is InChI=1S/C19H15NO3/c20-12-16-15(11-17(21)13-7-3-1-4-8-13)18(23-19(16)22)14-9-5-2-6-10-14/h1-10,15-16,18H,11H2. The fourth-order valence-electron chi connectivity index (χ4n) is 2.92. The Kier molecular flexibility index (Phi) is 4.20. The highest BCUT2D eigenvalue weighted by Gasteiger charge is 2.46. The second kappa shape index (κ2) is 6.45. The fourth-order valence-corrected chi connectivity index (χ4v) is 2.92. The predicted octanol–water partition coefficient (Wildman–Crippen LogP) is 3.31. The summed E-state index contributed by atoms with van der Waals surface area (Å²) >= 11 is 0. The molecule has 0 spiro atoms. The number of hydrogen-bond donors (Lipinski definition) is 0. The quantitative estimate of drug-likeness (QED) is 0.642. The van der Waals surface area contributed by atoms with Gasteiger partial charge in [-0.3, -0.25) is 9.59 Å². The number of benzene rings is 2. The maximum atomic E-state index is 12.5. The van der Waals surface area contributed by atoms with Crippen LogP contribution in [0.25, 0.3) is 0 Å². The first-order valence-electron chi connectivity index (χ1n) is 7.44. The summed E-state index contributed by atoms with van der Waals surface area (Å²) in [4.78, 5) is 24.4. The zero-order valence-electron chi connectivity index (χ0n) is 12.4. The Morgan fingerprint density at radius 1 is 1.04 bits per heavy atom. The van der Waals surface area contributed by atoms with Gasteiger partial charge in [0, 0.05) is 17.9 Å². The maximum absolute atomic E-state index is 12.5. The lowest BCUT2D eigenvalue weighted by molar-refractivity contribution is -0.143. The van der Waals surface area contributed by atoms with E-state index in [4.69, 9.17) is 4.74 Å². The summed E-state index contributed by atoms with van der Waals surface area (Å²) < 4.78 is 5.39. The number of carbonyl (C=O) groups is 2. The van der Waals surface area contributed by atoms with Crippen LogP contribution >= 0.6 is 0 Å². The molecular formula is C19H15NO3. The zero-order valence-corrected chi connectivity index (χ0v) is 12.4. The minimum Gasteiger partial charge on any atom is -0.456 e. The van der Waals surface area contributed by atoms with Gasteiger partial charge in [-0.2, -0.15) is 5.26 Å². The first-order valence-corrected chi connectivity index (χ1v) is 7.44. The van der Waals surface area contributed by atoms with Crippen molar-refractivity contribution >= 4 is 11.8 Å². The largest absolute Gasteiger partial charge is 0.456 e. The van der Waals surface area contributed by atoms with E-state index in [9.17, 15) is 14.9 Å². The molecule has 0 saturated carbocycles. The predicted molar refractivity (Wildman–Crippen MR) is 83.3 cm³/mol. The molecule has 2 aromatic carbocycles. The molecule has 1 aliphatic rings. The summed E-state index contributed by atoms with van der Waals surface area (Å²) in [7, 11) is 0. The molecule has 1 fully saturated rings. The molecule has 0 N–H and O–H groups in total. The van der Waals surface area contributed by atoms with Gasteiger partial charge in [0.05, 0.1) is 6.07 Å². The highest BCUT2D eigenvalue weighted by molar-refractivity contribution is 5.96. The molecule has 0 bridgehead atoms. The Bertz CT molecular complexity index is 749. The lowest BCUT2D eigenvalue weighted by Gasteiger charge is -2.18. The highest BCUT2D eigenvalue weighted by Crippen LogP contribution is 2.41. The lowest BCUT2D eigenvalue weighted by Crippen LogP contribution is -2.19. The van der Waals surface area contributed by atoms with Gasteiger partial charge >= 0.3 is 5.97 Å². The number of Topliss-reactive ketones (excluding diaryl/α,β-unsaturated/α-hetero) is 1. The number of ether oxygens (including phenoxy) is 1. The summed E-state index contributed by atoms with van der Waals surface area (Å²) in [5.74, 6) is -2.02. The van der Waals surface area contributed by atoms with E-state index < -0.39 is 23.9 Å². The van der Waals surface area contributed by atoms with Crippen molar-refractivity contribution < 1.29 is 14.3 Å². The number of nitrogens with zero attached hydrogens (tertiary/aromatic N) is 1. The number of esters is 1. The summed E-state index contributed by atoms with van der Waals surface area (Å²) in [6.07, 6.45) is -0.450. The van der Waals surface area contributed by atoms with E-state index in [1.54, 1.807) is 24.3 Å². The molecule has 0 aromatic heterocycles. The van der Waals surface area contributed by atoms with Crippen LogP contribution < -0.4 is 0 Å². The number of hydrogen-bond acceptors (Lipinski definition) is 4. The molecule has 3 atom stereocenters. The van der Waals surface area contributed by atoms with Crippen molar-refractivity contribution in [1.29, 1.82) is 5.26 Å². The van der Waals surface area contributed by atoms with E-state index in [1.165, 1.54) is 0 Å². The minimum absolute atomic E-state index is 0.0879. The average molecular weight is 305 g/mol. The Balaban J connectivity index is 1.88. The molecule has 0 radical (unpaired) electrons. The van der Waals surface area contributed by atoms with Gasteiger partial charge in [-0.15, -0.1) is 0 Å². The highest BCUT2D eigenvalue weighted by atomic mass is 16.6. The molecule has 1 aliphatic heterocycles. The zero-order chi connectivity index (χ0) is 16.2. The molecule has 3 rings (SSSR count). The van der Waals surface area contributed by atoms with Gasteiger partial charge < -0.3 is 4.74 Å². The number of nitriles is 1. The van der Waals surface area contributed by atoms with Gasteiger partial charge in [0.1, 0.15) is 6.10 Å². The minimum atomic E-state index is -0.909. The average Bonchev–Trinajstić information content (AvgIpc) is 2.92. The van der Waals surface area contributed by atoms with Crippen LogP contribution in [0.5, 0.6) is 0 Å². The first kappa shape index (κ1) is 15.0. The van der Waals surface area contributed by atoms with Crippen LogP contribution in [0.4, 0.5) is 0 Å². The van der Waals surface area contributed by atoms with Gasteiger partial charge in [0.25, 0.3) is 0 Å². The van der Waals surface area contributed by atoms with E-state index in [1.807, 2.05) is 42.5 Å². The first-order chi connectivity index (χ1) is 11.2. The number of carbonyl (C=O) groups excluding carboxylic acids is 2. The summed E-state index contributed by atoms with van der Waals surface area (Å²) in [5.41, 5.74) is 1.39. The Morgan fingerprint density at radius 3 is 2.26 bits per heavy atom. The van der Waals surface area contributed by atoms with Crippen molar-refractivity contribution in [3.05, 3.63) is 71.8 Å². The molecule has 2 aromatic rings. The number of rotatable bonds is 4.